The molecule has 0 bridgehead atoms. The van der Waals surface area contributed by atoms with Crippen molar-refractivity contribution in [1.29, 1.82) is 0 Å². The first-order valence-corrected chi connectivity index (χ1v) is 6.39. The van der Waals surface area contributed by atoms with Crippen LogP contribution in [0.3, 0.4) is 0 Å². The quantitative estimate of drug-likeness (QED) is 0.752. The fourth-order valence-corrected chi connectivity index (χ4v) is 2.17. The second-order valence-electron chi connectivity index (χ2n) is 3.34. The molecule has 0 saturated heterocycles. The van der Waals surface area contributed by atoms with E-state index in [9.17, 15) is 0 Å². The molecule has 1 nitrogen and oxygen atoms in total. The first-order chi connectivity index (χ1) is 7.72. The monoisotopic (exact) mass is 340 g/mol. The molecule has 0 unspecified atom stereocenters. The Hall–Kier alpha value is -0.800. The molecule has 0 aliphatic rings. The van der Waals surface area contributed by atoms with Gasteiger partial charge in [-0.3, -0.25) is 0 Å². The molecular weight excluding hydrogens is 332 g/mol. The van der Waals surface area contributed by atoms with E-state index in [0.29, 0.717) is 0 Å². The number of methoxy groups -OCH3 is 1. The topological polar surface area (TPSA) is 9.23 Å². The number of hydrogen-bond donors (Lipinski definition) is 0. The van der Waals surface area contributed by atoms with E-state index in [4.69, 9.17) is 4.74 Å². The summed E-state index contributed by atoms with van der Waals surface area (Å²) in [6, 6.07) is 12.3. The second kappa shape index (κ2) is 5.02. The third-order valence-electron chi connectivity index (χ3n) is 2.40. The summed E-state index contributed by atoms with van der Waals surface area (Å²) in [4.78, 5) is 0. The van der Waals surface area contributed by atoms with E-state index in [1.807, 2.05) is 24.3 Å². The van der Waals surface area contributed by atoms with Crippen LogP contribution in [0.5, 0.6) is 5.75 Å². The molecule has 0 saturated carbocycles. The van der Waals surface area contributed by atoms with E-state index in [1.165, 1.54) is 10.8 Å². The predicted octanol–water partition coefficient (Wildman–Crippen LogP) is 4.94. The van der Waals surface area contributed by atoms with Crippen molar-refractivity contribution in [3.8, 4) is 5.75 Å². The smallest absolute Gasteiger partial charge is 0.126 e. The maximum absolute atomic E-state index is 5.37. The molecule has 0 fully saturated rings. The molecule has 0 aromatic heterocycles. The third-order valence-corrected chi connectivity index (χ3v) is 2.86. The molecule has 0 spiro atoms. The number of benzene rings is 2. The summed E-state index contributed by atoms with van der Waals surface area (Å²) in [6.07, 6.45) is 2.00. The van der Waals surface area contributed by atoms with Crippen LogP contribution in [-0.4, -0.2) is 7.11 Å². The molecule has 0 N–H and O–H groups in total. The molecule has 0 aliphatic carbocycles. The lowest BCUT2D eigenvalue weighted by atomic mass is 10.0. The lowest BCUT2D eigenvalue weighted by molar-refractivity contribution is 0.414. The summed E-state index contributed by atoms with van der Waals surface area (Å²) in [5.74, 6) is 0.870. The van der Waals surface area contributed by atoms with Gasteiger partial charge in [-0.05, 0) is 54.8 Å². The van der Waals surface area contributed by atoms with Crippen LogP contribution < -0.4 is 4.74 Å². The summed E-state index contributed by atoms with van der Waals surface area (Å²) >= 11 is 6.76. The third kappa shape index (κ3) is 2.30. The summed E-state index contributed by atoms with van der Waals surface area (Å²) in [6.45, 7) is 0. The highest BCUT2D eigenvalue weighted by Gasteiger charge is 2.05. The van der Waals surface area contributed by atoms with Crippen molar-refractivity contribution in [3.05, 3.63) is 45.4 Å². The maximum Gasteiger partial charge on any atom is 0.126 e. The largest absolute Gasteiger partial charge is 0.496 e. The molecule has 16 heavy (non-hydrogen) atoms. The standard InChI is InChI=1S/C13H10Br2O/c1-16-12-7-6-9-4-2-3-5-10(9)11(12)8-13(14)15/h2-8H,1H3. The van der Waals surface area contributed by atoms with E-state index in [0.717, 1.165) is 14.7 Å². The first kappa shape index (κ1) is 11.7. The Labute approximate surface area is 111 Å². The van der Waals surface area contributed by atoms with E-state index < -0.39 is 0 Å². The van der Waals surface area contributed by atoms with Crippen molar-refractivity contribution >= 4 is 48.7 Å². The van der Waals surface area contributed by atoms with Gasteiger partial charge < -0.3 is 4.74 Å². The van der Waals surface area contributed by atoms with Crippen molar-refractivity contribution in [1.82, 2.24) is 0 Å². The fraction of sp³-hybridized carbons (Fsp3) is 0.0769. The minimum atomic E-state index is 0.870. The van der Waals surface area contributed by atoms with Crippen LogP contribution in [-0.2, 0) is 0 Å². The minimum absolute atomic E-state index is 0.870. The number of ether oxygens (including phenoxy) is 1. The van der Waals surface area contributed by atoms with Crippen LogP contribution in [0, 0.1) is 0 Å². The number of hydrogen-bond acceptors (Lipinski definition) is 1. The Bertz CT molecular complexity index is 543. The highest BCUT2D eigenvalue weighted by molar-refractivity contribution is 9.28. The molecule has 0 atom stereocenters. The molecule has 0 amide bonds. The lowest BCUT2D eigenvalue weighted by Crippen LogP contribution is -1.88. The van der Waals surface area contributed by atoms with Gasteiger partial charge in [-0.2, -0.15) is 0 Å². The average molecular weight is 342 g/mol. The van der Waals surface area contributed by atoms with Gasteiger partial charge in [0.05, 0.1) is 10.5 Å². The van der Waals surface area contributed by atoms with E-state index in [2.05, 4.69) is 50.1 Å². The molecule has 2 rings (SSSR count). The Kier molecular flexibility index (Phi) is 3.66. The van der Waals surface area contributed by atoms with Gasteiger partial charge in [0.15, 0.2) is 0 Å². The predicted molar refractivity (Wildman–Crippen MR) is 76.3 cm³/mol. The van der Waals surface area contributed by atoms with Gasteiger partial charge in [0.25, 0.3) is 0 Å². The van der Waals surface area contributed by atoms with Crippen LogP contribution >= 0.6 is 31.9 Å². The van der Waals surface area contributed by atoms with Gasteiger partial charge in [0, 0.05) is 5.56 Å². The number of fused-ring (bicyclic) bond motifs is 1. The second-order valence-corrected chi connectivity index (χ2v) is 6.11. The zero-order chi connectivity index (χ0) is 11.5. The van der Waals surface area contributed by atoms with Gasteiger partial charge in [0.1, 0.15) is 5.75 Å². The maximum atomic E-state index is 5.37. The van der Waals surface area contributed by atoms with Crippen molar-refractivity contribution in [3.63, 3.8) is 0 Å². The highest BCUT2D eigenvalue weighted by atomic mass is 79.9. The van der Waals surface area contributed by atoms with Crippen molar-refractivity contribution in [2.75, 3.05) is 7.11 Å². The van der Waals surface area contributed by atoms with Crippen LogP contribution in [0.25, 0.3) is 16.8 Å². The Morgan fingerprint density at radius 3 is 2.56 bits per heavy atom. The lowest BCUT2D eigenvalue weighted by Gasteiger charge is -2.08. The van der Waals surface area contributed by atoms with Crippen LogP contribution in [0.15, 0.2) is 39.8 Å². The number of halogens is 2. The Balaban J connectivity index is 2.78. The van der Waals surface area contributed by atoms with Gasteiger partial charge in [-0.1, -0.05) is 30.3 Å². The summed E-state index contributed by atoms with van der Waals surface area (Å²) in [5.41, 5.74) is 1.07. The van der Waals surface area contributed by atoms with Gasteiger partial charge in [-0.25, -0.2) is 0 Å². The number of rotatable bonds is 2. The molecule has 3 heteroatoms. The van der Waals surface area contributed by atoms with Crippen LogP contribution in [0.4, 0.5) is 0 Å². The zero-order valence-electron chi connectivity index (χ0n) is 8.71. The normalized spacial score (nSPS) is 10.2. The van der Waals surface area contributed by atoms with E-state index in [-0.39, 0.29) is 0 Å². The van der Waals surface area contributed by atoms with Crippen molar-refractivity contribution < 1.29 is 4.74 Å². The van der Waals surface area contributed by atoms with Crippen molar-refractivity contribution in [2.24, 2.45) is 0 Å². The highest BCUT2D eigenvalue weighted by Crippen LogP contribution is 2.31. The van der Waals surface area contributed by atoms with E-state index >= 15 is 0 Å². The Morgan fingerprint density at radius 2 is 1.88 bits per heavy atom. The summed E-state index contributed by atoms with van der Waals surface area (Å²) in [5, 5.41) is 2.38. The molecule has 2 aromatic rings. The molecule has 82 valence electrons. The molecule has 0 heterocycles. The van der Waals surface area contributed by atoms with Gasteiger partial charge in [0.2, 0.25) is 0 Å². The van der Waals surface area contributed by atoms with Gasteiger partial charge >= 0.3 is 0 Å². The fourth-order valence-electron chi connectivity index (χ4n) is 1.71. The summed E-state index contributed by atoms with van der Waals surface area (Å²) in [7, 11) is 1.68. The summed E-state index contributed by atoms with van der Waals surface area (Å²) < 4.78 is 6.27. The molecular formula is C13H10Br2O. The molecule has 0 radical (unpaired) electrons. The average Bonchev–Trinajstić information content (AvgIpc) is 2.29. The molecule has 0 aliphatic heterocycles. The molecule has 2 aromatic carbocycles. The first-order valence-electron chi connectivity index (χ1n) is 4.81. The van der Waals surface area contributed by atoms with E-state index in [1.54, 1.807) is 7.11 Å². The van der Waals surface area contributed by atoms with Crippen LogP contribution in [0.2, 0.25) is 0 Å². The SMILES string of the molecule is COc1ccc2ccccc2c1C=C(Br)Br. The van der Waals surface area contributed by atoms with Crippen molar-refractivity contribution in [2.45, 2.75) is 0 Å². The Morgan fingerprint density at radius 1 is 1.12 bits per heavy atom. The minimum Gasteiger partial charge on any atom is -0.496 e. The van der Waals surface area contributed by atoms with Gasteiger partial charge in [-0.15, -0.1) is 0 Å². The zero-order valence-corrected chi connectivity index (χ0v) is 11.9. The van der Waals surface area contributed by atoms with Crippen LogP contribution in [0.1, 0.15) is 5.56 Å².